The molecule has 1 N–H and O–H groups in total. The maximum Gasteiger partial charge on any atom is 0.266 e. The Labute approximate surface area is 147 Å². The minimum absolute atomic E-state index is 0.115. The fourth-order valence-corrected chi connectivity index (χ4v) is 3.90. The predicted molar refractivity (Wildman–Crippen MR) is 98.7 cm³/mol. The van der Waals surface area contributed by atoms with E-state index in [9.17, 15) is 4.79 Å². The first-order valence-corrected chi connectivity index (χ1v) is 8.82. The zero-order valence-corrected chi connectivity index (χ0v) is 14.1. The number of hydrogen-bond acceptors (Lipinski definition) is 5. The van der Waals surface area contributed by atoms with Gasteiger partial charge in [0.15, 0.2) is 0 Å². The Bertz CT molecular complexity index is 1160. The second-order valence-electron chi connectivity index (χ2n) is 5.78. The molecule has 4 rings (SSSR count). The molecule has 4 aromatic rings. The first-order chi connectivity index (χ1) is 12.2. The summed E-state index contributed by atoms with van der Waals surface area (Å²) in [7, 11) is 0. The van der Waals surface area contributed by atoms with Gasteiger partial charge in [-0.15, -0.1) is 11.3 Å². The summed E-state index contributed by atoms with van der Waals surface area (Å²) in [6.45, 7) is 0. The zero-order valence-electron chi connectivity index (χ0n) is 13.3. The Balaban J connectivity index is 1.64. The van der Waals surface area contributed by atoms with Crippen molar-refractivity contribution in [1.29, 1.82) is 5.26 Å². The van der Waals surface area contributed by atoms with Gasteiger partial charge in [-0.3, -0.25) is 9.78 Å². The minimum atomic E-state index is -0.361. The quantitative estimate of drug-likeness (QED) is 0.612. The molecule has 0 aliphatic heterocycles. The van der Waals surface area contributed by atoms with Crippen LogP contribution < -0.4 is 5.56 Å². The highest BCUT2D eigenvalue weighted by Crippen LogP contribution is 2.29. The fourth-order valence-electron chi connectivity index (χ4n) is 2.87. The van der Waals surface area contributed by atoms with Crippen LogP contribution in [-0.4, -0.2) is 15.0 Å². The molecule has 3 heterocycles. The third-order valence-corrected chi connectivity index (χ3v) is 5.18. The lowest BCUT2D eigenvalue weighted by atomic mass is 10.1. The lowest BCUT2D eigenvalue weighted by Crippen LogP contribution is -2.09. The SMILES string of the molecule is N#Cc1cc2c(ccc3sc(CCCc4ccccn4)nc32)[nH]c1=O. The Morgan fingerprint density at radius 1 is 1.20 bits per heavy atom. The highest BCUT2D eigenvalue weighted by atomic mass is 32.1. The van der Waals surface area contributed by atoms with E-state index in [0.29, 0.717) is 5.52 Å². The third-order valence-electron chi connectivity index (χ3n) is 4.10. The summed E-state index contributed by atoms with van der Waals surface area (Å²) >= 11 is 1.66. The van der Waals surface area contributed by atoms with Gasteiger partial charge in [0.25, 0.3) is 5.56 Å². The molecule has 0 radical (unpaired) electrons. The van der Waals surface area contributed by atoms with Gasteiger partial charge in [-0.05, 0) is 49.6 Å². The van der Waals surface area contributed by atoms with E-state index in [0.717, 1.165) is 45.6 Å². The van der Waals surface area contributed by atoms with Gasteiger partial charge >= 0.3 is 0 Å². The van der Waals surface area contributed by atoms with Crippen molar-refractivity contribution < 1.29 is 0 Å². The summed E-state index contributed by atoms with van der Waals surface area (Å²) in [6.07, 6.45) is 4.59. The van der Waals surface area contributed by atoms with Crippen molar-refractivity contribution in [3.05, 3.63) is 69.2 Å². The van der Waals surface area contributed by atoms with Gasteiger partial charge in [0.05, 0.1) is 20.7 Å². The number of H-pyrrole nitrogens is 1. The van der Waals surface area contributed by atoms with E-state index in [1.165, 1.54) is 0 Å². The molecule has 6 heteroatoms. The van der Waals surface area contributed by atoms with Crippen LogP contribution in [0.3, 0.4) is 0 Å². The van der Waals surface area contributed by atoms with E-state index in [1.807, 2.05) is 42.6 Å². The maximum atomic E-state index is 11.8. The molecular formula is C19H14N4OS. The van der Waals surface area contributed by atoms with Gasteiger partial charge in [-0.2, -0.15) is 5.26 Å². The molecule has 0 saturated heterocycles. The van der Waals surface area contributed by atoms with Gasteiger partial charge in [-0.25, -0.2) is 4.98 Å². The van der Waals surface area contributed by atoms with Gasteiger partial charge in [0.2, 0.25) is 0 Å². The van der Waals surface area contributed by atoms with Gasteiger partial charge in [-0.1, -0.05) is 6.07 Å². The van der Waals surface area contributed by atoms with Crippen LogP contribution in [0.15, 0.2) is 47.4 Å². The highest BCUT2D eigenvalue weighted by Gasteiger charge is 2.10. The van der Waals surface area contributed by atoms with Crippen LogP contribution in [0, 0.1) is 11.3 Å². The number of pyridine rings is 2. The lowest BCUT2D eigenvalue weighted by Gasteiger charge is -1.99. The second kappa shape index (κ2) is 6.46. The number of nitriles is 1. The summed E-state index contributed by atoms with van der Waals surface area (Å²) in [5.74, 6) is 0. The molecule has 0 aliphatic carbocycles. The van der Waals surface area contributed by atoms with Crippen LogP contribution in [0.1, 0.15) is 22.7 Å². The van der Waals surface area contributed by atoms with E-state index in [4.69, 9.17) is 10.2 Å². The Hall–Kier alpha value is -3.04. The van der Waals surface area contributed by atoms with E-state index in [1.54, 1.807) is 17.4 Å². The fraction of sp³-hybridized carbons (Fsp3) is 0.158. The number of aromatic nitrogens is 3. The average Bonchev–Trinajstić information content (AvgIpc) is 3.05. The largest absolute Gasteiger partial charge is 0.321 e. The van der Waals surface area contributed by atoms with Crippen molar-refractivity contribution in [1.82, 2.24) is 15.0 Å². The molecule has 0 unspecified atom stereocenters. The van der Waals surface area contributed by atoms with Crippen molar-refractivity contribution in [2.45, 2.75) is 19.3 Å². The summed E-state index contributed by atoms with van der Waals surface area (Å²) < 4.78 is 1.07. The number of aryl methyl sites for hydroxylation is 2. The van der Waals surface area contributed by atoms with Crippen LogP contribution in [-0.2, 0) is 12.8 Å². The third kappa shape index (κ3) is 3.02. The maximum absolute atomic E-state index is 11.8. The number of fused-ring (bicyclic) bond motifs is 3. The van der Waals surface area contributed by atoms with Gasteiger partial charge in [0.1, 0.15) is 11.6 Å². The molecule has 25 heavy (non-hydrogen) atoms. The molecule has 1 aromatic carbocycles. The van der Waals surface area contributed by atoms with Crippen LogP contribution in [0.2, 0.25) is 0 Å². The number of rotatable bonds is 4. The number of nitrogens with one attached hydrogen (secondary N) is 1. The zero-order chi connectivity index (χ0) is 17.2. The molecule has 0 fully saturated rings. The van der Waals surface area contributed by atoms with E-state index in [-0.39, 0.29) is 11.1 Å². The standard InChI is InChI=1S/C19H14N4OS/c20-11-12-10-14-15(22-19(12)24)7-8-16-18(14)23-17(25-16)6-3-5-13-4-1-2-9-21-13/h1-2,4,7-10H,3,5-6H2,(H,22,24). The molecular weight excluding hydrogens is 332 g/mol. The molecule has 3 aromatic heterocycles. The summed E-state index contributed by atoms with van der Waals surface area (Å²) in [4.78, 5) is 23.6. The topological polar surface area (TPSA) is 82.4 Å². The van der Waals surface area contributed by atoms with E-state index < -0.39 is 0 Å². The number of hydrogen-bond donors (Lipinski definition) is 1. The van der Waals surface area contributed by atoms with Crippen molar-refractivity contribution in [3.63, 3.8) is 0 Å². The molecule has 0 spiro atoms. The number of aromatic amines is 1. The molecule has 0 aliphatic rings. The van der Waals surface area contributed by atoms with Gasteiger partial charge < -0.3 is 4.98 Å². The van der Waals surface area contributed by atoms with Crippen molar-refractivity contribution in [2.75, 3.05) is 0 Å². The van der Waals surface area contributed by atoms with E-state index in [2.05, 4.69) is 9.97 Å². The Morgan fingerprint density at radius 3 is 2.92 bits per heavy atom. The summed E-state index contributed by atoms with van der Waals surface area (Å²) in [6, 6.07) is 13.4. The second-order valence-corrected chi connectivity index (χ2v) is 6.89. The Morgan fingerprint density at radius 2 is 2.12 bits per heavy atom. The summed E-state index contributed by atoms with van der Waals surface area (Å²) in [5.41, 5.74) is 2.40. The average molecular weight is 346 g/mol. The monoisotopic (exact) mass is 346 g/mol. The molecule has 0 amide bonds. The first-order valence-electron chi connectivity index (χ1n) is 8.00. The molecule has 0 saturated carbocycles. The van der Waals surface area contributed by atoms with Crippen molar-refractivity contribution in [2.24, 2.45) is 0 Å². The smallest absolute Gasteiger partial charge is 0.266 e. The normalized spacial score (nSPS) is 11.0. The lowest BCUT2D eigenvalue weighted by molar-refractivity contribution is 0.796. The first kappa shape index (κ1) is 15.5. The van der Waals surface area contributed by atoms with Gasteiger partial charge in [0, 0.05) is 17.3 Å². The Kier molecular flexibility index (Phi) is 4.00. The van der Waals surface area contributed by atoms with Crippen LogP contribution in [0.5, 0.6) is 0 Å². The van der Waals surface area contributed by atoms with Crippen molar-refractivity contribution in [3.8, 4) is 6.07 Å². The van der Waals surface area contributed by atoms with Crippen LogP contribution >= 0.6 is 11.3 Å². The number of benzene rings is 1. The predicted octanol–water partition coefficient (Wildman–Crippen LogP) is 3.58. The minimum Gasteiger partial charge on any atom is -0.321 e. The van der Waals surface area contributed by atoms with E-state index >= 15 is 0 Å². The summed E-state index contributed by atoms with van der Waals surface area (Å²) in [5, 5.41) is 11.0. The number of nitrogens with zero attached hydrogens (tertiary/aromatic N) is 3. The molecule has 122 valence electrons. The van der Waals surface area contributed by atoms with Crippen molar-refractivity contribution >= 4 is 32.5 Å². The van der Waals surface area contributed by atoms with Crippen LogP contribution in [0.4, 0.5) is 0 Å². The highest BCUT2D eigenvalue weighted by molar-refractivity contribution is 7.18. The molecule has 0 atom stereocenters. The molecule has 0 bridgehead atoms. The van der Waals surface area contributed by atoms with Crippen LogP contribution in [0.25, 0.3) is 21.1 Å². The number of thiazole rings is 1. The molecule has 5 nitrogen and oxygen atoms in total.